The van der Waals surface area contributed by atoms with Crippen LogP contribution in [-0.4, -0.2) is 13.2 Å². The number of ether oxygens (including phenoxy) is 1. The van der Waals surface area contributed by atoms with E-state index in [9.17, 15) is 0 Å². The van der Waals surface area contributed by atoms with Gasteiger partial charge in [-0.1, -0.05) is 43.3 Å². The van der Waals surface area contributed by atoms with E-state index in [1.807, 2.05) is 18.7 Å². The Labute approximate surface area is 147 Å². The highest BCUT2D eigenvalue weighted by atomic mass is 32.2. The van der Waals surface area contributed by atoms with Gasteiger partial charge in [0.2, 0.25) is 0 Å². The van der Waals surface area contributed by atoms with E-state index in [2.05, 4.69) is 59.8 Å². The van der Waals surface area contributed by atoms with E-state index in [-0.39, 0.29) is 6.04 Å². The molecule has 1 unspecified atom stereocenters. The maximum Gasteiger partial charge on any atom is 0.0921 e. The van der Waals surface area contributed by atoms with Crippen LogP contribution >= 0.6 is 11.8 Å². The van der Waals surface area contributed by atoms with Crippen molar-refractivity contribution in [3.05, 3.63) is 44.9 Å². The van der Waals surface area contributed by atoms with E-state index in [1.165, 1.54) is 21.0 Å². The Morgan fingerprint density at radius 3 is 2.09 bits per heavy atom. The average molecular weight is 338 g/mol. The molecule has 132 valence electrons. The van der Waals surface area contributed by atoms with Crippen molar-refractivity contribution < 1.29 is 4.74 Å². The second kappa shape index (κ2) is 11.6. The van der Waals surface area contributed by atoms with Crippen LogP contribution in [0.3, 0.4) is 0 Å². The predicted molar refractivity (Wildman–Crippen MR) is 106 cm³/mol. The lowest BCUT2D eigenvalue weighted by Crippen LogP contribution is -2.11. The number of nitrogens with two attached hydrogens (primary N) is 1. The van der Waals surface area contributed by atoms with Gasteiger partial charge >= 0.3 is 0 Å². The van der Waals surface area contributed by atoms with Crippen LogP contribution in [0.15, 0.2) is 44.9 Å². The van der Waals surface area contributed by atoms with Crippen molar-refractivity contribution in [2.75, 3.05) is 7.11 Å². The van der Waals surface area contributed by atoms with E-state index in [4.69, 9.17) is 10.5 Å². The van der Waals surface area contributed by atoms with Crippen molar-refractivity contribution in [3.63, 3.8) is 0 Å². The molecule has 0 aliphatic rings. The van der Waals surface area contributed by atoms with Crippen LogP contribution in [0.5, 0.6) is 0 Å². The van der Waals surface area contributed by atoms with Crippen molar-refractivity contribution in [1.82, 2.24) is 0 Å². The topological polar surface area (TPSA) is 35.2 Å². The first-order chi connectivity index (χ1) is 10.7. The lowest BCUT2D eigenvalue weighted by atomic mass is 10.1. The Balaban J connectivity index is 5.03. The van der Waals surface area contributed by atoms with Gasteiger partial charge in [0.05, 0.1) is 12.9 Å². The van der Waals surface area contributed by atoms with Crippen LogP contribution < -0.4 is 5.73 Å². The van der Waals surface area contributed by atoms with Crippen molar-refractivity contribution >= 4 is 11.8 Å². The molecule has 0 aromatic carbocycles. The lowest BCUT2D eigenvalue weighted by Gasteiger charge is -2.15. The monoisotopic (exact) mass is 337 g/mol. The summed E-state index contributed by atoms with van der Waals surface area (Å²) in [5.74, 6) is 1.58. The molecule has 0 aliphatic carbocycles. The molecule has 0 aliphatic heterocycles. The molecule has 0 aromatic heterocycles. The highest BCUT2D eigenvalue weighted by Gasteiger charge is 2.09. The molecule has 0 radical (unpaired) electrons. The third-order valence-corrected chi connectivity index (χ3v) is 4.92. The second-order valence-electron chi connectivity index (χ2n) is 6.48. The predicted octanol–water partition coefficient (Wildman–Crippen LogP) is 6.18. The second-order valence-corrected chi connectivity index (χ2v) is 7.61. The fourth-order valence-corrected chi connectivity index (χ4v) is 3.32. The molecule has 3 heteroatoms. The van der Waals surface area contributed by atoms with E-state index < -0.39 is 0 Å². The molecule has 23 heavy (non-hydrogen) atoms. The summed E-state index contributed by atoms with van der Waals surface area (Å²) in [4.78, 5) is 2.69. The molecule has 0 saturated carbocycles. The molecule has 2 nitrogen and oxygen atoms in total. The largest absolute Gasteiger partial charge is 0.501 e. The lowest BCUT2D eigenvalue weighted by molar-refractivity contribution is 0.274. The minimum absolute atomic E-state index is 0.0769. The zero-order valence-electron chi connectivity index (χ0n) is 16.2. The standard InChI is InChI=1S/C20H35NOS/c1-9-19(11-10-18(22-8)12-14(2)3)23-20(15(4)5)16(6)13-17(7)21/h9,12-14,17H,10-11,21H2,1-8H3/b16-13-,18-12-,19-9+. The highest BCUT2D eigenvalue weighted by Crippen LogP contribution is 2.36. The van der Waals surface area contributed by atoms with Crippen molar-refractivity contribution in [2.24, 2.45) is 11.7 Å². The molecule has 1 atom stereocenters. The molecule has 0 aromatic rings. The first-order valence-electron chi connectivity index (χ1n) is 8.40. The van der Waals surface area contributed by atoms with Crippen LogP contribution in [0.4, 0.5) is 0 Å². The summed E-state index contributed by atoms with van der Waals surface area (Å²) < 4.78 is 5.49. The van der Waals surface area contributed by atoms with Crippen molar-refractivity contribution in [2.45, 2.75) is 67.3 Å². The molecule has 0 fully saturated rings. The summed E-state index contributed by atoms with van der Waals surface area (Å²) in [6, 6.07) is 0.0769. The van der Waals surface area contributed by atoms with Gasteiger partial charge in [-0.05, 0) is 63.5 Å². The molecule has 0 amide bonds. The van der Waals surface area contributed by atoms with E-state index >= 15 is 0 Å². The van der Waals surface area contributed by atoms with Crippen LogP contribution in [0, 0.1) is 5.92 Å². The molecule has 2 N–H and O–H groups in total. The summed E-state index contributed by atoms with van der Waals surface area (Å²) in [7, 11) is 1.76. The SMILES string of the molecule is C/C=C(\CC/C(=C/C(C)C)OC)SC(=C(C)C)/C(C)=C\C(C)N. The summed E-state index contributed by atoms with van der Waals surface area (Å²) >= 11 is 1.85. The summed E-state index contributed by atoms with van der Waals surface area (Å²) in [6.07, 6.45) is 8.46. The smallest absolute Gasteiger partial charge is 0.0921 e. The molecule has 0 saturated heterocycles. The Morgan fingerprint density at radius 1 is 1.09 bits per heavy atom. The average Bonchev–Trinajstić information content (AvgIpc) is 2.44. The van der Waals surface area contributed by atoms with Gasteiger partial charge in [-0.2, -0.15) is 0 Å². The minimum atomic E-state index is 0.0769. The van der Waals surface area contributed by atoms with Gasteiger partial charge in [0.25, 0.3) is 0 Å². The fraction of sp³-hybridized carbons (Fsp3) is 0.600. The van der Waals surface area contributed by atoms with Crippen LogP contribution in [0.2, 0.25) is 0 Å². The number of methoxy groups -OCH3 is 1. The van der Waals surface area contributed by atoms with Crippen LogP contribution in [-0.2, 0) is 4.74 Å². The minimum Gasteiger partial charge on any atom is -0.501 e. The molecule has 0 bridgehead atoms. The Morgan fingerprint density at radius 2 is 1.70 bits per heavy atom. The van der Waals surface area contributed by atoms with Gasteiger partial charge in [0, 0.05) is 17.4 Å². The summed E-state index contributed by atoms with van der Waals surface area (Å²) in [5, 5.41) is 0. The molecular weight excluding hydrogens is 302 g/mol. The maximum atomic E-state index is 5.91. The summed E-state index contributed by atoms with van der Waals surface area (Å²) in [5.41, 5.74) is 8.50. The van der Waals surface area contributed by atoms with Crippen LogP contribution in [0.25, 0.3) is 0 Å². The highest BCUT2D eigenvalue weighted by molar-refractivity contribution is 8.07. The van der Waals surface area contributed by atoms with E-state index in [0.29, 0.717) is 5.92 Å². The fourth-order valence-electron chi connectivity index (χ4n) is 2.30. The molecular formula is C20H35NOS. The first-order valence-corrected chi connectivity index (χ1v) is 9.22. The van der Waals surface area contributed by atoms with Crippen molar-refractivity contribution in [1.29, 1.82) is 0 Å². The number of hydrogen-bond donors (Lipinski definition) is 1. The normalized spacial score (nSPS) is 15.0. The van der Waals surface area contributed by atoms with Gasteiger partial charge in [-0.15, -0.1) is 0 Å². The molecule has 0 rings (SSSR count). The Bertz CT molecular complexity index is 478. The van der Waals surface area contributed by atoms with Crippen LogP contribution in [0.1, 0.15) is 61.3 Å². The molecule has 0 heterocycles. The van der Waals surface area contributed by atoms with Crippen molar-refractivity contribution in [3.8, 4) is 0 Å². The van der Waals surface area contributed by atoms with Gasteiger partial charge < -0.3 is 10.5 Å². The third kappa shape index (κ3) is 9.72. The number of allylic oxidation sites excluding steroid dienone is 6. The van der Waals surface area contributed by atoms with E-state index in [1.54, 1.807) is 7.11 Å². The number of hydrogen-bond acceptors (Lipinski definition) is 3. The van der Waals surface area contributed by atoms with Gasteiger partial charge in [-0.25, -0.2) is 0 Å². The molecule has 0 spiro atoms. The zero-order valence-corrected chi connectivity index (χ0v) is 17.0. The first kappa shape index (κ1) is 22.1. The quantitative estimate of drug-likeness (QED) is 0.403. The van der Waals surface area contributed by atoms with E-state index in [0.717, 1.165) is 18.6 Å². The van der Waals surface area contributed by atoms with Gasteiger partial charge in [-0.3, -0.25) is 0 Å². The number of rotatable bonds is 9. The Kier molecular flexibility index (Phi) is 11.1. The summed E-state index contributed by atoms with van der Waals surface area (Å²) in [6.45, 7) is 14.9. The number of thioether (sulfide) groups is 1. The zero-order chi connectivity index (χ0) is 18.0. The van der Waals surface area contributed by atoms with Gasteiger partial charge in [0.1, 0.15) is 0 Å². The maximum absolute atomic E-state index is 5.91. The van der Waals surface area contributed by atoms with Gasteiger partial charge in [0.15, 0.2) is 0 Å². The third-order valence-electron chi connectivity index (χ3n) is 3.28. The Hall–Kier alpha value is -0.930.